The standard InChI is InChI=1S/C20H36O7/c1-2-3-10-13-16(21)14-11-8-6-4-5-7-9-12-15-20(17(22)23,18(24)25)19(26)27/h16,21H,2-15H2,1H3,(H,22,23)(H,24,25)(H,26,27). The third kappa shape index (κ3) is 9.75. The Morgan fingerprint density at radius 1 is 0.667 bits per heavy atom. The molecule has 0 aliphatic carbocycles. The predicted octanol–water partition coefficient (Wildman–Crippen LogP) is 4.07. The van der Waals surface area contributed by atoms with Gasteiger partial charge in [-0.2, -0.15) is 0 Å². The van der Waals surface area contributed by atoms with E-state index in [0.717, 1.165) is 64.2 Å². The zero-order valence-electron chi connectivity index (χ0n) is 16.5. The predicted molar refractivity (Wildman–Crippen MR) is 102 cm³/mol. The minimum atomic E-state index is -2.74. The Morgan fingerprint density at radius 2 is 1.04 bits per heavy atom. The maximum absolute atomic E-state index is 11.1. The van der Waals surface area contributed by atoms with Crippen molar-refractivity contribution in [2.24, 2.45) is 5.41 Å². The van der Waals surface area contributed by atoms with Crippen LogP contribution in [0.3, 0.4) is 0 Å². The van der Waals surface area contributed by atoms with E-state index in [1.807, 2.05) is 0 Å². The maximum Gasteiger partial charge on any atom is 0.332 e. The van der Waals surface area contributed by atoms with Crippen LogP contribution in [0.5, 0.6) is 0 Å². The van der Waals surface area contributed by atoms with E-state index in [9.17, 15) is 19.5 Å². The van der Waals surface area contributed by atoms with Gasteiger partial charge in [0.2, 0.25) is 0 Å². The quantitative estimate of drug-likeness (QED) is 0.205. The van der Waals surface area contributed by atoms with Crippen LogP contribution in [0.25, 0.3) is 0 Å². The van der Waals surface area contributed by atoms with Crippen molar-refractivity contribution in [3.8, 4) is 0 Å². The zero-order valence-corrected chi connectivity index (χ0v) is 16.5. The first-order valence-electron chi connectivity index (χ1n) is 10.2. The molecule has 1 atom stereocenters. The summed E-state index contributed by atoms with van der Waals surface area (Å²) in [7, 11) is 0. The van der Waals surface area contributed by atoms with E-state index in [1.165, 1.54) is 6.42 Å². The summed E-state index contributed by atoms with van der Waals surface area (Å²) in [4.78, 5) is 33.3. The normalized spacial score (nSPS) is 12.7. The van der Waals surface area contributed by atoms with Crippen LogP contribution in [0, 0.1) is 5.41 Å². The smallest absolute Gasteiger partial charge is 0.332 e. The van der Waals surface area contributed by atoms with Crippen molar-refractivity contribution in [3.05, 3.63) is 0 Å². The molecule has 0 aliphatic heterocycles. The number of carboxylic acids is 3. The fourth-order valence-corrected chi connectivity index (χ4v) is 3.20. The van der Waals surface area contributed by atoms with Crippen LogP contribution in [0.15, 0.2) is 0 Å². The second kappa shape index (κ2) is 14.4. The molecule has 27 heavy (non-hydrogen) atoms. The molecule has 0 heterocycles. The number of carboxylic acid groups (broad SMARTS) is 3. The van der Waals surface area contributed by atoms with Gasteiger partial charge in [-0.1, -0.05) is 77.6 Å². The summed E-state index contributed by atoms with van der Waals surface area (Å²) in [6.45, 7) is 2.15. The maximum atomic E-state index is 11.1. The molecular formula is C20H36O7. The Balaban J connectivity index is 3.76. The van der Waals surface area contributed by atoms with Gasteiger partial charge in [-0.15, -0.1) is 0 Å². The molecule has 0 aromatic carbocycles. The number of rotatable bonds is 18. The lowest BCUT2D eigenvalue weighted by Crippen LogP contribution is -2.46. The second-order valence-electron chi connectivity index (χ2n) is 7.34. The summed E-state index contributed by atoms with van der Waals surface area (Å²) in [5, 5.41) is 36.9. The summed E-state index contributed by atoms with van der Waals surface area (Å²) < 4.78 is 0. The van der Waals surface area contributed by atoms with E-state index in [4.69, 9.17) is 15.3 Å². The molecule has 0 bridgehead atoms. The fourth-order valence-electron chi connectivity index (χ4n) is 3.20. The molecule has 0 amide bonds. The van der Waals surface area contributed by atoms with E-state index in [1.54, 1.807) is 0 Å². The summed E-state index contributed by atoms with van der Waals surface area (Å²) in [6.07, 6.45) is 11.4. The van der Waals surface area contributed by atoms with Crippen LogP contribution in [0.2, 0.25) is 0 Å². The average molecular weight is 389 g/mol. The molecule has 4 N–H and O–H groups in total. The highest BCUT2D eigenvalue weighted by atomic mass is 16.4. The molecule has 0 radical (unpaired) electrons. The van der Waals surface area contributed by atoms with Crippen LogP contribution in [-0.2, 0) is 14.4 Å². The second-order valence-corrected chi connectivity index (χ2v) is 7.34. The van der Waals surface area contributed by atoms with Gasteiger partial charge in [0.1, 0.15) is 0 Å². The molecule has 158 valence electrons. The first-order valence-corrected chi connectivity index (χ1v) is 10.2. The van der Waals surface area contributed by atoms with Gasteiger partial charge >= 0.3 is 17.9 Å². The topological polar surface area (TPSA) is 132 Å². The Labute approximate surface area is 161 Å². The summed E-state index contributed by atoms with van der Waals surface area (Å²) in [6, 6.07) is 0. The molecule has 0 aliphatic rings. The molecule has 0 saturated carbocycles. The third-order valence-electron chi connectivity index (χ3n) is 5.08. The molecule has 0 saturated heterocycles. The average Bonchev–Trinajstić information content (AvgIpc) is 2.59. The van der Waals surface area contributed by atoms with Crippen LogP contribution in [0.4, 0.5) is 0 Å². The van der Waals surface area contributed by atoms with Crippen LogP contribution >= 0.6 is 0 Å². The third-order valence-corrected chi connectivity index (χ3v) is 5.08. The van der Waals surface area contributed by atoms with E-state index < -0.39 is 29.7 Å². The largest absolute Gasteiger partial charge is 0.480 e. The lowest BCUT2D eigenvalue weighted by molar-refractivity contribution is -0.176. The molecule has 0 spiro atoms. The number of hydrogen-bond acceptors (Lipinski definition) is 4. The van der Waals surface area contributed by atoms with Gasteiger partial charge in [-0.25, -0.2) is 0 Å². The zero-order chi connectivity index (χ0) is 20.7. The lowest BCUT2D eigenvalue weighted by Gasteiger charge is -2.19. The van der Waals surface area contributed by atoms with Crippen LogP contribution < -0.4 is 0 Å². The van der Waals surface area contributed by atoms with E-state index in [2.05, 4.69) is 6.92 Å². The Morgan fingerprint density at radius 3 is 1.44 bits per heavy atom. The van der Waals surface area contributed by atoms with Crippen molar-refractivity contribution < 1.29 is 34.8 Å². The van der Waals surface area contributed by atoms with E-state index in [-0.39, 0.29) is 12.5 Å². The minimum Gasteiger partial charge on any atom is -0.480 e. The molecule has 0 fully saturated rings. The van der Waals surface area contributed by atoms with E-state index >= 15 is 0 Å². The van der Waals surface area contributed by atoms with Crippen molar-refractivity contribution in [1.29, 1.82) is 0 Å². The Hall–Kier alpha value is -1.63. The monoisotopic (exact) mass is 388 g/mol. The van der Waals surface area contributed by atoms with Crippen molar-refractivity contribution in [2.75, 3.05) is 0 Å². The van der Waals surface area contributed by atoms with Gasteiger partial charge in [-0.3, -0.25) is 14.4 Å². The summed E-state index contributed by atoms with van der Waals surface area (Å²) in [5.41, 5.74) is -2.74. The van der Waals surface area contributed by atoms with Crippen molar-refractivity contribution in [3.63, 3.8) is 0 Å². The lowest BCUT2D eigenvalue weighted by atomic mass is 9.82. The number of aliphatic hydroxyl groups is 1. The highest BCUT2D eigenvalue weighted by Gasteiger charge is 2.53. The first kappa shape index (κ1) is 25.4. The van der Waals surface area contributed by atoms with Gasteiger partial charge in [0.25, 0.3) is 5.41 Å². The molecule has 7 nitrogen and oxygen atoms in total. The number of unbranched alkanes of at least 4 members (excludes halogenated alkanes) is 9. The Bertz CT molecular complexity index is 412. The van der Waals surface area contributed by atoms with Gasteiger partial charge in [0.05, 0.1) is 6.10 Å². The number of hydrogen-bond donors (Lipinski definition) is 4. The molecule has 0 aromatic rings. The number of aliphatic carboxylic acids is 3. The SMILES string of the molecule is CCCCCC(O)CCCCCCCCCCC(C(=O)O)(C(=O)O)C(=O)O. The minimum absolute atomic E-state index is 0.186. The molecule has 0 rings (SSSR count). The highest BCUT2D eigenvalue weighted by molar-refractivity contribution is 6.16. The summed E-state index contributed by atoms with van der Waals surface area (Å²) in [5.74, 6) is -5.46. The highest BCUT2D eigenvalue weighted by Crippen LogP contribution is 2.27. The van der Waals surface area contributed by atoms with Gasteiger partial charge in [-0.05, 0) is 19.3 Å². The van der Waals surface area contributed by atoms with E-state index in [0.29, 0.717) is 6.42 Å². The molecule has 7 heteroatoms. The molecule has 0 aromatic heterocycles. The van der Waals surface area contributed by atoms with Gasteiger partial charge in [0, 0.05) is 0 Å². The number of aliphatic hydroxyl groups excluding tert-OH is 1. The van der Waals surface area contributed by atoms with Crippen molar-refractivity contribution in [2.45, 2.75) is 103 Å². The van der Waals surface area contributed by atoms with Gasteiger partial charge in [0.15, 0.2) is 0 Å². The fraction of sp³-hybridized carbons (Fsp3) is 0.850. The van der Waals surface area contributed by atoms with Crippen molar-refractivity contribution in [1.82, 2.24) is 0 Å². The summed E-state index contributed by atoms with van der Waals surface area (Å²) >= 11 is 0. The molecular weight excluding hydrogens is 352 g/mol. The van der Waals surface area contributed by atoms with Gasteiger partial charge < -0.3 is 20.4 Å². The first-order chi connectivity index (χ1) is 12.8. The molecule has 1 unspecified atom stereocenters. The Kier molecular flexibility index (Phi) is 13.6. The number of carbonyl (C=O) groups is 3. The van der Waals surface area contributed by atoms with Crippen LogP contribution in [-0.4, -0.2) is 44.4 Å². The van der Waals surface area contributed by atoms with Crippen LogP contribution in [0.1, 0.15) is 96.8 Å². The van der Waals surface area contributed by atoms with Crippen molar-refractivity contribution >= 4 is 17.9 Å².